The number of hydrogen-bond donors (Lipinski definition) is 2. The molecule has 0 fully saturated rings. The van der Waals surface area contributed by atoms with Crippen molar-refractivity contribution in [2.24, 2.45) is 0 Å². The SMILES string of the molecule is Cc1ccc(C)c(S(=O)(=O)Nc2ccc(Nc3ccc(F)c(F)c3)cn2)c1. The van der Waals surface area contributed by atoms with Crippen molar-refractivity contribution >= 4 is 27.2 Å². The summed E-state index contributed by atoms with van der Waals surface area (Å²) in [5, 5.41) is 2.86. The zero-order valence-corrected chi connectivity index (χ0v) is 15.4. The number of nitrogens with zero attached hydrogens (tertiary/aromatic N) is 1. The van der Waals surface area contributed by atoms with Gasteiger partial charge >= 0.3 is 0 Å². The molecule has 0 radical (unpaired) electrons. The largest absolute Gasteiger partial charge is 0.354 e. The van der Waals surface area contributed by atoms with Crippen LogP contribution >= 0.6 is 0 Å². The van der Waals surface area contributed by atoms with Crippen molar-refractivity contribution in [2.75, 3.05) is 10.0 Å². The van der Waals surface area contributed by atoms with Crippen LogP contribution in [0, 0.1) is 25.5 Å². The average Bonchev–Trinajstić information content (AvgIpc) is 2.61. The van der Waals surface area contributed by atoms with Crippen LogP contribution in [-0.4, -0.2) is 13.4 Å². The van der Waals surface area contributed by atoms with Gasteiger partial charge in [-0.3, -0.25) is 4.72 Å². The van der Waals surface area contributed by atoms with E-state index >= 15 is 0 Å². The van der Waals surface area contributed by atoms with E-state index in [0.29, 0.717) is 16.9 Å². The standard InChI is InChI=1S/C19H17F2N3O2S/c1-12-3-4-13(2)18(9-12)27(25,26)24-19-8-6-15(11-22-19)23-14-5-7-16(20)17(21)10-14/h3-11,23H,1-2H3,(H,22,24). The van der Waals surface area contributed by atoms with Crippen LogP contribution in [0.5, 0.6) is 0 Å². The average molecular weight is 389 g/mol. The first kappa shape index (κ1) is 18.8. The number of benzene rings is 2. The van der Waals surface area contributed by atoms with E-state index in [2.05, 4.69) is 15.0 Å². The first-order chi connectivity index (χ1) is 12.7. The molecule has 8 heteroatoms. The number of nitrogens with one attached hydrogen (secondary N) is 2. The van der Waals surface area contributed by atoms with E-state index in [1.807, 2.05) is 13.0 Å². The predicted molar refractivity (Wildman–Crippen MR) is 101 cm³/mol. The van der Waals surface area contributed by atoms with Crippen LogP contribution in [0.15, 0.2) is 59.6 Å². The highest BCUT2D eigenvalue weighted by Gasteiger charge is 2.17. The molecule has 0 aliphatic carbocycles. The van der Waals surface area contributed by atoms with Crippen molar-refractivity contribution in [2.45, 2.75) is 18.7 Å². The number of pyridine rings is 1. The smallest absolute Gasteiger partial charge is 0.263 e. The maximum absolute atomic E-state index is 13.2. The minimum Gasteiger partial charge on any atom is -0.354 e. The van der Waals surface area contributed by atoms with Gasteiger partial charge in [0.15, 0.2) is 11.6 Å². The third kappa shape index (κ3) is 4.40. The van der Waals surface area contributed by atoms with Gasteiger partial charge in [-0.2, -0.15) is 0 Å². The number of hydrogen-bond acceptors (Lipinski definition) is 4. The summed E-state index contributed by atoms with van der Waals surface area (Å²) < 4.78 is 53.8. The van der Waals surface area contributed by atoms with Gasteiger partial charge in [0.1, 0.15) is 5.82 Å². The molecule has 0 aliphatic rings. The third-order valence-corrected chi connectivity index (χ3v) is 5.34. The van der Waals surface area contributed by atoms with E-state index in [0.717, 1.165) is 17.7 Å². The molecule has 0 atom stereocenters. The Morgan fingerprint density at radius 3 is 2.30 bits per heavy atom. The zero-order valence-electron chi connectivity index (χ0n) is 14.6. The summed E-state index contributed by atoms with van der Waals surface area (Å²) in [4.78, 5) is 4.25. The highest BCUT2D eigenvalue weighted by atomic mass is 32.2. The first-order valence-corrected chi connectivity index (χ1v) is 9.51. The minimum absolute atomic E-state index is 0.145. The van der Waals surface area contributed by atoms with Crippen molar-refractivity contribution in [1.29, 1.82) is 0 Å². The number of halogens is 2. The van der Waals surface area contributed by atoms with E-state index in [4.69, 9.17) is 0 Å². The fraction of sp³-hybridized carbons (Fsp3) is 0.105. The van der Waals surface area contributed by atoms with Gasteiger partial charge in [0.25, 0.3) is 10.0 Å². The van der Waals surface area contributed by atoms with Crippen molar-refractivity contribution in [3.63, 3.8) is 0 Å². The van der Waals surface area contributed by atoms with Crippen LogP contribution in [0.25, 0.3) is 0 Å². The quantitative estimate of drug-likeness (QED) is 0.673. The molecule has 0 saturated heterocycles. The molecule has 0 unspecified atom stereocenters. The molecule has 0 saturated carbocycles. The second-order valence-corrected chi connectivity index (χ2v) is 7.71. The second kappa shape index (κ2) is 7.32. The maximum Gasteiger partial charge on any atom is 0.263 e. The van der Waals surface area contributed by atoms with E-state index in [1.54, 1.807) is 25.1 Å². The van der Waals surface area contributed by atoms with Crippen molar-refractivity contribution < 1.29 is 17.2 Å². The lowest BCUT2D eigenvalue weighted by Crippen LogP contribution is -2.15. The van der Waals surface area contributed by atoms with Gasteiger partial charge < -0.3 is 5.32 Å². The van der Waals surface area contributed by atoms with E-state index in [1.165, 1.54) is 18.3 Å². The van der Waals surface area contributed by atoms with Gasteiger partial charge in [-0.05, 0) is 55.3 Å². The molecule has 0 amide bonds. The molecule has 140 valence electrons. The fourth-order valence-corrected chi connectivity index (χ4v) is 3.80. The number of aryl methyl sites for hydroxylation is 2. The van der Waals surface area contributed by atoms with Crippen LogP contribution in [0.4, 0.5) is 26.0 Å². The molecule has 1 aromatic heterocycles. The summed E-state index contributed by atoms with van der Waals surface area (Å²) in [5.41, 5.74) is 2.31. The number of aromatic nitrogens is 1. The molecular weight excluding hydrogens is 372 g/mol. The lowest BCUT2D eigenvalue weighted by atomic mass is 10.2. The van der Waals surface area contributed by atoms with Gasteiger partial charge in [0, 0.05) is 11.8 Å². The second-order valence-electron chi connectivity index (χ2n) is 6.06. The Bertz CT molecular complexity index is 1080. The van der Waals surface area contributed by atoms with Crippen LogP contribution in [0.2, 0.25) is 0 Å². The highest BCUT2D eigenvalue weighted by molar-refractivity contribution is 7.92. The topological polar surface area (TPSA) is 71.1 Å². The van der Waals surface area contributed by atoms with Crippen molar-refractivity contribution in [1.82, 2.24) is 4.98 Å². The van der Waals surface area contributed by atoms with Crippen LogP contribution in [0.3, 0.4) is 0 Å². The summed E-state index contributed by atoms with van der Waals surface area (Å²) in [7, 11) is -3.77. The monoisotopic (exact) mass is 389 g/mol. The molecule has 3 aromatic rings. The van der Waals surface area contributed by atoms with Crippen LogP contribution in [-0.2, 0) is 10.0 Å². The number of sulfonamides is 1. The van der Waals surface area contributed by atoms with Gasteiger partial charge in [-0.1, -0.05) is 12.1 Å². The zero-order chi connectivity index (χ0) is 19.6. The Labute approximate surface area is 156 Å². The Kier molecular flexibility index (Phi) is 5.09. The summed E-state index contributed by atoms with van der Waals surface area (Å²) in [6.07, 6.45) is 1.39. The van der Waals surface area contributed by atoms with Crippen LogP contribution < -0.4 is 10.0 Å². The summed E-state index contributed by atoms with van der Waals surface area (Å²) in [5.74, 6) is -1.76. The third-order valence-electron chi connectivity index (χ3n) is 3.84. The summed E-state index contributed by atoms with van der Waals surface area (Å²) >= 11 is 0. The van der Waals surface area contributed by atoms with Gasteiger partial charge in [-0.15, -0.1) is 0 Å². The summed E-state index contributed by atoms with van der Waals surface area (Å²) in [6, 6.07) is 11.6. The van der Waals surface area contributed by atoms with Crippen LogP contribution in [0.1, 0.15) is 11.1 Å². The molecule has 0 bridgehead atoms. The van der Waals surface area contributed by atoms with Gasteiger partial charge in [0.2, 0.25) is 0 Å². The van der Waals surface area contributed by atoms with E-state index < -0.39 is 21.7 Å². The van der Waals surface area contributed by atoms with Gasteiger partial charge in [-0.25, -0.2) is 22.2 Å². The van der Waals surface area contributed by atoms with E-state index in [9.17, 15) is 17.2 Å². The highest BCUT2D eigenvalue weighted by Crippen LogP contribution is 2.22. The summed E-state index contributed by atoms with van der Waals surface area (Å²) in [6.45, 7) is 3.53. The molecule has 27 heavy (non-hydrogen) atoms. The molecule has 5 nitrogen and oxygen atoms in total. The molecular formula is C19H17F2N3O2S. The molecule has 0 spiro atoms. The number of anilines is 3. The normalized spacial score (nSPS) is 11.3. The van der Waals surface area contributed by atoms with Crippen molar-refractivity contribution in [3.05, 3.63) is 77.5 Å². The Morgan fingerprint density at radius 1 is 0.889 bits per heavy atom. The van der Waals surface area contributed by atoms with E-state index in [-0.39, 0.29) is 10.7 Å². The van der Waals surface area contributed by atoms with Crippen molar-refractivity contribution in [3.8, 4) is 0 Å². The Hall–Kier alpha value is -3.00. The number of rotatable bonds is 5. The first-order valence-electron chi connectivity index (χ1n) is 8.03. The fourth-order valence-electron chi connectivity index (χ4n) is 2.46. The lowest BCUT2D eigenvalue weighted by molar-refractivity contribution is 0.509. The Morgan fingerprint density at radius 2 is 1.63 bits per heavy atom. The molecule has 1 heterocycles. The molecule has 2 aromatic carbocycles. The Balaban J connectivity index is 1.77. The molecule has 3 rings (SSSR count). The predicted octanol–water partition coefficient (Wildman–Crippen LogP) is 4.52. The maximum atomic E-state index is 13.2. The lowest BCUT2D eigenvalue weighted by Gasteiger charge is -2.11. The molecule has 0 aliphatic heterocycles. The minimum atomic E-state index is -3.77. The van der Waals surface area contributed by atoms with Gasteiger partial charge in [0.05, 0.1) is 16.8 Å². The molecule has 2 N–H and O–H groups in total.